The van der Waals surface area contributed by atoms with Crippen molar-refractivity contribution in [3.05, 3.63) is 40.6 Å². The zero-order chi connectivity index (χ0) is 13.8. The molecule has 0 aromatic carbocycles. The number of hydrogen-bond donors (Lipinski definition) is 2. The lowest BCUT2D eigenvalue weighted by Gasteiger charge is -2.23. The maximum absolute atomic E-state index is 9.49. The molecular formula is C14H21N3OS. The van der Waals surface area contributed by atoms with Gasteiger partial charge in [0.25, 0.3) is 0 Å². The van der Waals surface area contributed by atoms with E-state index in [4.69, 9.17) is 0 Å². The van der Waals surface area contributed by atoms with Crippen molar-refractivity contribution < 1.29 is 5.11 Å². The molecular weight excluding hydrogens is 258 g/mol. The highest BCUT2D eigenvalue weighted by Crippen LogP contribution is 2.25. The highest BCUT2D eigenvalue weighted by Gasteiger charge is 2.21. The Morgan fingerprint density at radius 3 is 2.79 bits per heavy atom. The molecule has 0 fully saturated rings. The number of aliphatic hydroxyl groups excluding tert-OH is 1. The molecule has 0 bridgehead atoms. The number of rotatable bonds is 6. The van der Waals surface area contributed by atoms with Crippen molar-refractivity contribution >= 4 is 11.3 Å². The number of nitrogens with one attached hydrogen (secondary N) is 1. The molecule has 0 radical (unpaired) electrons. The smallest absolute Gasteiger partial charge is 0.131 e. The van der Waals surface area contributed by atoms with E-state index in [1.54, 1.807) is 11.3 Å². The Kier molecular flexibility index (Phi) is 4.74. The maximum Gasteiger partial charge on any atom is 0.131 e. The third kappa shape index (κ3) is 3.65. The van der Waals surface area contributed by atoms with E-state index < -0.39 is 0 Å². The van der Waals surface area contributed by atoms with Crippen LogP contribution in [-0.4, -0.2) is 26.8 Å². The normalized spacial score (nSPS) is 16.2. The molecule has 104 valence electrons. The molecule has 0 aliphatic rings. The standard InChI is InChI=1S/C14H21N3OS/c1-10(9-11(2)18)16-13(12-5-4-8-19-12)14-15-6-7-17(14)3/h4-8,10-11,13,16,18H,9H2,1-3H3. The van der Waals surface area contributed by atoms with Crippen LogP contribution in [0.1, 0.15) is 37.0 Å². The van der Waals surface area contributed by atoms with Crippen LogP contribution in [0.5, 0.6) is 0 Å². The summed E-state index contributed by atoms with van der Waals surface area (Å²) in [6, 6.07) is 4.47. The van der Waals surface area contributed by atoms with Gasteiger partial charge >= 0.3 is 0 Å². The number of aliphatic hydroxyl groups is 1. The SMILES string of the molecule is CC(O)CC(C)NC(c1cccs1)c1nccn1C. The summed E-state index contributed by atoms with van der Waals surface area (Å²) in [4.78, 5) is 5.69. The molecule has 3 atom stereocenters. The van der Waals surface area contributed by atoms with Gasteiger partial charge in [-0.1, -0.05) is 6.07 Å². The van der Waals surface area contributed by atoms with Crippen LogP contribution in [0.3, 0.4) is 0 Å². The van der Waals surface area contributed by atoms with Crippen LogP contribution in [0.25, 0.3) is 0 Å². The molecule has 0 saturated heterocycles. The minimum atomic E-state index is -0.298. The number of nitrogens with zero attached hydrogens (tertiary/aromatic N) is 2. The van der Waals surface area contributed by atoms with E-state index >= 15 is 0 Å². The second-order valence-corrected chi connectivity index (χ2v) is 5.98. The largest absolute Gasteiger partial charge is 0.393 e. The van der Waals surface area contributed by atoms with Gasteiger partial charge in [-0.25, -0.2) is 4.98 Å². The molecule has 2 heterocycles. The molecule has 3 unspecified atom stereocenters. The third-order valence-corrected chi connectivity index (χ3v) is 4.03. The van der Waals surface area contributed by atoms with Gasteiger partial charge in [-0.05, 0) is 31.7 Å². The number of imidazole rings is 1. The summed E-state index contributed by atoms with van der Waals surface area (Å²) in [5.74, 6) is 1.000. The Morgan fingerprint density at radius 2 is 2.26 bits per heavy atom. The fourth-order valence-corrected chi connectivity index (χ4v) is 3.04. The van der Waals surface area contributed by atoms with Crippen LogP contribution in [0.4, 0.5) is 0 Å². The fraction of sp³-hybridized carbons (Fsp3) is 0.500. The molecule has 2 rings (SSSR count). The average Bonchev–Trinajstić information content (AvgIpc) is 2.96. The van der Waals surface area contributed by atoms with Crippen molar-refractivity contribution in [2.24, 2.45) is 7.05 Å². The summed E-state index contributed by atoms with van der Waals surface area (Å²) in [5.41, 5.74) is 0. The molecule has 2 aromatic heterocycles. The minimum Gasteiger partial charge on any atom is -0.393 e. The van der Waals surface area contributed by atoms with Gasteiger partial charge in [-0.2, -0.15) is 0 Å². The molecule has 0 amide bonds. The van der Waals surface area contributed by atoms with Crippen LogP contribution >= 0.6 is 11.3 Å². The monoisotopic (exact) mass is 279 g/mol. The Labute approximate surface area is 118 Å². The van der Waals surface area contributed by atoms with Crippen molar-refractivity contribution in [3.8, 4) is 0 Å². The molecule has 0 spiro atoms. The van der Waals surface area contributed by atoms with Crippen molar-refractivity contribution in [1.82, 2.24) is 14.9 Å². The van der Waals surface area contributed by atoms with Crippen molar-refractivity contribution in [2.45, 2.75) is 38.5 Å². The first-order valence-electron chi connectivity index (χ1n) is 6.52. The zero-order valence-corrected chi connectivity index (χ0v) is 12.4. The predicted molar refractivity (Wildman–Crippen MR) is 78.3 cm³/mol. The van der Waals surface area contributed by atoms with E-state index in [2.05, 4.69) is 34.7 Å². The lowest BCUT2D eigenvalue weighted by atomic mass is 10.1. The van der Waals surface area contributed by atoms with Crippen LogP contribution in [-0.2, 0) is 7.05 Å². The summed E-state index contributed by atoms with van der Waals surface area (Å²) < 4.78 is 2.03. The Balaban J connectivity index is 2.19. The molecule has 0 saturated carbocycles. The summed E-state index contributed by atoms with van der Waals surface area (Å²) in [7, 11) is 2.00. The second-order valence-electron chi connectivity index (χ2n) is 5.00. The fourth-order valence-electron chi connectivity index (χ4n) is 2.26. The molecule has 2 N–H and O–H groups in total. The highest BCUT2D eigenvalue weighted by atomic mass is 32.1. The second kappa shape index (κ2) is 6.32. The number of thiophene rings is 1. The van der Waals surface area contributed by atoms with E-state index in [1.165, 1.54) is 4.88 Å². The van der Waals surface area contributed by atoms with E-state index in [1.807, 2.05) is 30.9 Å². The van der Waals surface area contributed by atoms with E-state index in [0.29, 0.717) is 0 Å². The topological polar surface area (TPSA) is 50.1 Å². The molecule has 2 aromatic rings. The highest BCUT2D eigenvalue weighted by molar-refractivity contribution is 7.10. The van der Waals surface area contributed by atoms with Gasteiger partial charge in [0.2, 0.25) is 0 Å². The molecule has 5 heteroatoms. The van der Waals surface area contributed by atoms with Crippen molar-refractivity contribution in [1.29, 1.82) is 0 Å². The summed E-state index contributed by atoms with van der Waals surface area (Å²) in [5, 5.41) is 15.1. The van der Waals surface area contributed by atoms with Gasteiger partial charge < -0.3 is 15.0 Å². The predicted octanol–water partition coefficient (Wildman–Crippen LogP) is 2.32. The third-order valence-electron chi connectivity index (χ3n) is 3.09. The van der Waals surface area contributed by atoms with Gasteiger partial charge in [0.05, 0.1) is 6.10 Å². The first-order chi connectivity index (χ1) is 9.08. The van der Waals surface area contributed by atoms with E-state index in [0.717, 1.165) is 12.2 Å². The number of aryl methyl sites for hydroxylation is 1. The Morgan fingerprint density at radius 1 is 1.47 bits per heavy atom. The van der Waals surface area contributed by atoms with E-state index in [9.17, 15) is 5.11 Å². The molecule has 0 aliphatic heterocycles. The summed E-state index contributed by atoms with van der Waals surface area (Å²) in [6.45, 7) is 3.91. The van der Waals surface area contributed by atoms with Crippen LogP contribution in [0.2, 0.25) is 0 Å². The molecule has 0 aliphatic carbocycles. The van der Waals surface area contributed by atoms with Crippen LogP contribution < -0.4 is 5.32 Å². The zero-order valence-electron chi connectivity index (χ0n) is 11.6. The number of hydrogen-bond acceptors (Lipinski definition) is 4. The average molecular weight is 279 g/mol. The van der Waals surface area contributed by atoms with Gasteiger partial charge in [0, 0.05) is 30.4 Å². The van der Waals surface area contributed by atoms with Gasteiger partial charge in [-0.3, -0.25) is 0 Å². The van der Waals surface area contributed by atoms with Crippen LogP contribution in [0.15, 0.2) is 29.9 Å². The van der Waals surface area contributed by atoms with E-state index in [-0.39, 0.29) is 18.2 Å². The minimum absolute atomic E-state index is 0.0775. The maximum atomic E-state index is 9.49. The van der Waals surface area contributed by atoms with Gasteiger partial charge in [0.1, 0.15) is 11.9 Å². The molecule has 19 heavy (non-hydrogen) atoms. The summed E-state index contributed by atoms with van der Waals surface area (Å²) >= 11 is 1.72. The quantitative estimate of drug-likeness (QED) is 0.853. The lowest BCUT2D eigenvalue weighted by molar-refractivity contribution is 0.168. The lowest BCUT2D eigenvalue weighted by Crippen LogP contribution is -2.34. The first kappa shape index (κ1) is 14.2. The van der Waals surface area contributed by atoms with Gasteiger partial charge in [0.15, 0.2) is 0 Å². The number of aromatic nitrogens is 2. The van der Waals surface area contributed by atoms with Crippen molar-refractivity contribution in [2.75, 3.05) is 0 Å². The Bertz CT molecular complexity index is 493. The molecule has 4 nitrogen and oxygen atoms in total. The van der Waals surface area contributed by atoms with Crippen molar-refractivity contribution in [3.63, 3.8) is 0 Å². The van der Waals surface area contributed by atoms with Crippen LogP contribution in [0, 0.1) is 0 Å². The first-order valence-corrected chi connectivity index (χ1v) is 7.40. The summed E-state index contributed by atoms with van der Waals surface area (Å²) in [6.07, 6.45) is 4.20. The van der Waals surface area contributed by atoms with Gasteiger partial charge in [-0.15, -0.1) is 11.3 Å². The Hall–Kier alpha value is -1.17.